The standard InChI is InChI=1S/C20H18N2O4S/c1-3-14-18(12(2)13-7-4-5-8-15(13)21-14)20(25)26-11-17(23)22-19(24)16-9-6-10-27-16/h4-10H,3,11H2,1-2H3,(H,22,23,24). The van der Waals surface area contributed by atoms with E-state index in [1.165, 1.54) is 11.3 Å². The number of amides is 2. The van der Waals surface area contributed by atoms with Crippen LogP contribution in [0.4, 0.5) is 0 Å². The highest BCUT2D eigenvalue weighted by atomic mass is 32.1. The second kappa shape index (κ2) is 8.09. The van der Waals surface area contributed by atoms with E-state index in [1.54, 1.807) is 17.5 Å². The van der Waals surface area contributed by atoms with E-state index in [4.69, 9.17) is 4.74 Å². The average Bonchev–Trinajstić information content (AvgIpc) is 3.21. The topological polar surface area (TPSA) is 85.4 Å². The number of imide groups is 1. The van der Waals surface area contributed by atoms with Gasteiger partial charge in [-0.2, -0.15) is 0 Å². The van der Waals surface area contributed by atoms with Crippen LogP contribution in [0.5, 0.6) is 0 Å². The fourth-order valence-corrected chi connectivity index (χ4v) is 3.42. The molecule has 0 fully saturated rings. The zero-order valence-electron chi connectivity index (χ0n) is 14.9. The molecule has 0 aliphatic heterocycles. The van der Waals surface area contributed by atoms with E-state index in [0.717, 1.165) is 16.5 Å². The Morgan fingerprint density at radius 2 is 1.93 bits per heavy atom. The average molecular weight is 382 g/mol. The summed E-state index contributed by atoms with van der Waals surface area (Å²) < 4.78 is 5.14. The molecule has 27 heavy (non-hydrogen) atoms. The number of thiophene rings is 1. The van der Waals surface area contributed by atoms with E-state index in [1.807, 2.05) is 38.1 Å². The molecule has 1 aromatic carbocycles. The molecule has 0 saturated heterocycles. The number of rotatable bonds is 5. The van der Waals surface area contributed by atoms with Gasteiger partial charge in [0.25, 0.3) is 11.8 Å². The Kier molecular flexibility index (Phi) is 5.61. The minimum Gasteiger partial charge on any atom is -0.452 e. The van der Waals surface area contributed by atoms with E-state index in [2.05, 4.69) is 10.3 Å². The van der Waals surface area contributed by atoms with E-state index in [9.17, 15) is 14.4 Å². The number of hydrogen-bond donors (Lipinski definition) is 1. The number of carbonyl (C=O) groups excluding carboxylic acids is 3. The molecule has 138 valence electrons. The molecule has 1 N–H and O–H groups in total. The molecule has 6 nitrogen and oxygen atoms in total. The molecule has 3 rings (SSSR count). The van der Waals surface area contributed by atoms with E-state index >= 15 is 0 Å². The normalized spacial score (nSPS) is 10.6. The lowest BCUT2D eigenvalue weighted by Gasteiger charge is -2.13. The summed E-state index contributed by atoms with van der Waals surface area (Å²) in [7, 11) is 0. The molecule has 0 spiro atoms. The van der Waals surface area contributed by atoms with Crippen LogP contribution in [-0.2, 0) is 16.0 Å². The number of pyridine rings is 1. The zero-order chi connectivity index (χ0) is 19.4. The molecule has 2 amide bonds. The molecule has 2 aromatic heterocycles. The Morgan fingerprint density at radius 1 is 1.15 bits per heavy atom. The van der Waals surface area contributed by atoms with Gasteiger partial charge in [0, 0.05) is 5.39 Å². The van der Waals surface area contributed by atoms with Crippen LogP contribution in [0.25, 0.3) is 10.9 Å². The Hall–Kier alpha value is -3.06. The smallest absolute Gasteiger partial charge is 0.340 e. The van der Waals surface area contributed by atoms with Crippen molar-refractivity contribution >= 4 is 40.0 Å². The summed E-state index contributed by atoms with van der Waals surface area (Å²) in [5.74, 6) is -1.81. The Balaban J connectivity index is 1.73. The van der Waals surface area contributed by atoms with Gasteiger partial charge in [-0.1, -0.05) is 31.2 Å². The molecule has 0 aliphatic rings. The van der Waals surface area contributed by atoms with Crippen LogP contribution in [0.3, 0.4) is 0 Å². The lowest BCUT2D eigenvalue weighted by Crippen LogP contribution is -2.33. The van der Waals surface area contributed by atoms with Gasteiger partial charge in [0.05, 0.1) is 21.7 Å². The predicted octanol–water partition coefficient (Wildman–Crippen LogP) is 3.28. The quantitative estimate of drug-likeness (QED) is 0.685. The van der Waals surface area contributed by atoms with Crippen molar-refractivity contribution in [2.45, 2.75) is 20.3 Å². The first-order chi connectivity index (χ1) is 13.0. The van der Waals surface area contributed by atoms with Crippen molar-refractivity contribution in [2.75, 3.05) is 6.61 Å². The van der Waals surface area contributed by atoms with Gasteiger partial charge >= 0.3 is 5.97 Å². The summed E-state index contributed by atoms with van der Waals surface area (Å²) in [6.07, 6.45) is 0.555. The zero-order valence-corrected chi connectivity index (χ0v) is 15.8. The van der Waals surface area contributed by atoms with Gasteiger partial charge in [-0.15, -0.1) is 11.3 Å². The summed E-state index contributed by atoms with van der Waals surface area (Å²) in [5, 5.41) is 4.80. The van der Waals surface area contributed by atoms with Gasteiger partial charge in [0.1, 0.15) is 0 Å². The number of fused-ring (bicyclic) bond motifs is 1. The van der Waals surface area contributed by atoms with Gasteiger partial charge in [-0.3, -0.25) is 19.9 Å². The van der Waals surface area contributed by atoms with Crippen molar-refractivity contribution < 1.29 is 19.1 Å². The molecular formula is C20H18N2O4S. The fourth-order valence-electron chi connectivity index (χ4n) is 2.80. The lowest BCUT2D eigenvalue weighted by molar-refractivity contribution is -0.123. The highest BCUT2D eigenvalue weighted by molar-refractivity contribution is 7.12. The maximum absolute atomic E-state index is 12.6. The minimum absolute atomic E-state index is 0.369. The van der Waals surface area contributed by atoms with Crippen LogP contribution in [0.2, 0.25) is 0 Å². The second-order valence-corrected chi connectivity index (χ2v) is 6.81. The molecule has 0 saturated carbocycles. The summed E-state index contributed by atoms with van der Waals surface area (Å²) in [6.45, 7) is 3.20. The van der Waals surface area contributed by atoms with Gasteiger partial charge in [-0.25, -0.2) is 4.79 Å². The Labute approximate surface area is 160 Å². The molecule has 0 radical (unpaired) electrons. The van der Waals surface area contributed by atoms with E-state index < -0.39 is 24.4 Å². The van der Waals surface area contributed by atoms with Crippen LogP contribution in [0, 0.1) is 6.92 Å². The number of benzene rings is 1. The summed E-state index contributed by atoms with van der Waals surface area (Å²) in [6, 6.07) is 10.9. The van der Waals surface area contributed by atoms with Crippen LogP contribution < -0.4 is 5.32 Å². The highest BCUT2D eigenvalue weighted by Crippen LogP contribution is 2.24. The molecule has 0 atom stereocenters. The SMILES string of the molecule is CCc1nc2ccccc2c(C)c1C(=O)OCC(=O)NC(=O)c1cccs1. The number of nitrogens with one attached hydrogen (secondary N) is 1. The van der Waals surface area contributed by atoms with Crippen LogP contribution >= 0.6 is 11.3 Å². The summed E-state index contributed by atoms with van der Waals surface area (Å²) >= 11 is 1.22. The van der Waals surface area contributed by atoms with Crippen LogP contribution in [-0.4, -0.2) is 29.4 Å². The third kappa shape index (κ3) is 4.03. The summed E-state index contributed by atoms with van der Waals surface area (Å²) in [4.78, 5) is 41.3. The van der Waals surface area contributed by atoms with Crippen LogP contribution in [0.1, 0.15) is 38.2 Å². The van der Waals surface area contributed by atoms with Crippen molar-refractivity contribution in [3.8, 4) is 0 Å². The maximum Gasteiger partial charge on any atom is 0.340 e. The maximum atomic E-state index is 12.6. The third-order valence-corrected chi connectivity index (χ3v) is 4.97. The van der Waals surface area contributed by atoms with Crippen molar-refractivity contribution in [3.63, 3.8) is 0 Å². The molecule has 3 aromatic rings. The van der Waals surface area contributed by atoms with Crippen molar-refractivity contribution in [2.24, 2.45) is 0 Å². The number of carbonyl (C=O) groups is 3. The van der Waals surface area contributed by atoms with Crippen molar-refractivity contribution in [1.29, 1.82) is 0 Å². The number of aromatic nitrogens is 1. The Bertz CT molecular complexity index is 1010. The highest BCUT2D eigenvalue weighted by Gasteiger charge is 2.20. The Morgan fingerprint density at radius 3 is 2.63 bits per heavy atom. The molecule has 7 heteroatoms. The summed E-state index contributed by atoms with van der Waals surface area (Å²) in [5.41, 5.74) is 2.56. The molecule has 2 heterocycles. The molecule has 0 aliphatic carbocycles. The van der Waals surface area contributed by atoms with Gasteiger partial charge in [0.2, 0.25) is 0 Å². The number of hydrogen-bond acceptors (Lipinski definition) is 6. The van der Waals surface area contributed by atoms with Crippen molar-refractivity contribution in [1.82, 2.24) is 10.3 Å². The van der Waals surface area contributed by atoms with Crippen LogP contribution in [0.15, 0.2) is 41.8 Å². The van der Waals surface area contributed by atoms with E-state index in [0.29, 0.717) is 22.6 Å². The largest absolute Gasteiger partial charge is 0.452 e. The molecular weight excluding hydrogens is 364 g/mol. The van der Waals surface area contributed by atoms with Gasteiger partial charge < -0.3 is 4.74 Å². The number of esters is 1. The monoisotopic (exact) mass is 382 g/mol. The lowest BCUT2D eigenvalue weighted by atomic mass is 10.0. The minimum atomic E-state index is -0.675. The number of ether oxygens (including phenoxy) is 1. The number of aryl methyl sites for hydroxylation is 2. The first-order valence-corrected chi connectivity index (χ1v) is 9.32. The first-order valence-electron chi connectivity index (χ1n) is 8.44. The van der Waals surface area contributed by atoms with Gasteiger partial charge in [-0.05, 0) is 36.4 Å². The predicted molar refractivity (Wildman–Crippen MR) is 103 cm³/mol. The number of nitrogens with zero attached hydrogens (tertiary/aromatic N) is 1. The van der Waals surface area contributed by atoms with E-state index in [-0.39, 0.29) is 0 Å². The fraction of sp³-hybridized carbons (Fsp3) is 0.200. The van der Waals surface area contributed by atoms with Crippen molar-refractivity contribution in [3.05, 3.63) is 63.5 Å². The van der Waals surface area contributed by atoms with Gasteiger partial charge in [0.15, 0.2) is 6.61 Å². The third-order valence-electron chi connectivity index (χ3n) is 4.10. The second-order valence-electron chi connectivity index (χ2n) is 5.86. The number of para-hydroxylation sites is 1. The first kappa shape index (κ1) is 18.7. The molecule has 0 bridgehead atoms. The molecule has 0 unspecified atom stereocenters.